The van der Waals surface area contributed by atoms with E-state index in [1.807, 2.05) is 6.07 Å². The zero-order chi connectivity index (χ0) is 15.4. The Balaban J connectivity index is 1.49. The van der Waals surface area contributed by atoms with E-state index < -0.39 is 0 Å². The van der Waals surface area contributed by atoms with Gasteiger partial charge in [0, 0.05) is 51.9 Å². The molecule has 122 valence electrons. The second-order valence-electron chi connectivity index (χ2n) is 6.42. The molecule has 0 amide bonds. The van der Waals surface area contributed by atoms with Crippen LogP contribution in [-0.4, -0.2) is 60.2 Å². The highest BCUT2D eigenvalue weighted by atomic mass is 16.5. The molecule has 1 aliphatic heterocycles. The van der Waals surface area contributed by atoms with Crippen molar-refractivity contribution in [2.45, 2.75) is 26.8 Å². The number of nitrogens with one attached hydrogen (secondary N) is 1. The highest BCUT2D eigenvalue weighted by molar-refractivity contribution is 5.80. The predicted molar refractivity (Wildman–Crippen MR) is 86.6 cm³/mol. The van der Waals surface area contributed by atoms with E-state index in [2.05, 4.69) is 34.1 Å². The first-order chi connectivity index (χ1) is 10.8. The summed E-state index contributed by atoms with van der Waals surface area (Å²) < 4.78 is 4.90. The molecule has 1 saturated heterocycles. The molecule has 0 radical (unpaired) electrons. The van der Waals surface area contributed by atoms with Crippen LogP contribution in [0.2, 0.25) is 0 Å². The van der Waals surface area contributed by atoms with Gasteiger partial charge < -0.3 is 14.7 Å². The molecule has 1 aromatic rings. The molecular formula is C16H27N5O. The van der Waals surface area contributed by atoms with E-state index in [0.29, 0.717) is 0 Å². The van der Waals surface area contributed by atoms with Gasteiger partial charge >= 0.3 is 0 Å². The number of aliphatic imine (C=N–C) groups is 1. The van der Waals surface area contributed by atoms with Crippen LogP contribution in [0.3, 0.4) is 0 Å². The van der Waals surface area contributed by atoms with E-state index in [1.54, 1.807) is 6.26 Å². The number of hydrogen-bond acceptors (Lipinski definition) is 4. The van der Waals surface area contributed by atoms with Crippen LogP contribution in [0.15, 0.2) is 21.8 Å². The van der Waals surface area contributed by atoms with Gasteiger partial charge in [-0.15, -0.1) is 0 Å². The largest absolute Gasteiger partial charge is 0.364 e. The summed E-state index contributed by atoms with van der Waals surface area (Å²) in [6.07, 6.45) is 2.98. The fourth-order valence-corrected chi connectivity index (χ4v) is 2.95. The van der Waals surface area contributed by atoms with E-state index in [9.17, 15) is 0 Å². The van der Waals surface area contributed by atoms with Crippen LogP contribution in [0, 0.1) is 11.8 Å². The van der Waals surface area contributed by atoms with Crippen LogP contribution in [0.4, 0.5) is 0 Å². The Hall–Kier alpha value is -1.56. The van der Waals surface area contributed by atoms with Gasteiger partial charge in [-0.2, -0.15) is 0 Å². The molecule has 1 saturated carbocycles. The van der Waals surface area contributed by atoms with Crippen LogP contribution in [-0.2, 0) is 6.54 Å². The number of guanidine groups is 1. The quantitative estimate of drug-likeness (QED) is 0.658. The van der Waals surface area contributed by atoms with Gasteiger partial charge in [-0.1, -0.05) is 12.1 Å². The number of rotatable bonds is 5. The van der Waals surface area contributed by atoms with Gasteiger partial charge in [-0.25, -0.2) is 0 Å². The van der Waals surface area contributed by atoms with Gasteiger partial charge in [-0.3, -0.25) is 9.89 Å². The molecule has 2 atom stereocenters. The minimum atomic E-state index is 0.808. The van der Waals surface area contributed by atoms with Gasteiger partial charge in [0.1, 0.15) is 6.26 Å². The molecule has 0 aromatic carbocycles. The summed E-state index contributed by atoms with van der Waals surface area (Å²) in [6.45, 7) is 11.3. The minimum absolute atomic E-state index is 0.808. The Morgan fingerprint density at radius 3 is 2.77 bits per heavy atom. The minimum Gasteiger partial charge on any atom is -0.364 e. The molecule has 2 unspecified atom stereocenters. The topological polar surface area (TPSA) is 56.9 Å². The third kappa shape index (κ3) is 4.00. The highest BCUT2D eigenvalue weighted by Crippen LogP contribution is 2.37. The first-order valence-corrected chi connectivity index (χ1v) is 8.41. The Kier molecular flexibility index (Phi) is 4.97. The van der Waals surface area contributed by atoms with Crippen LogP contribution >= 0.6 is 0 Å². The maximum Gasteiger partial charge on any atom is 0.194 e. The van der Waals surface area contributed by atoms with Crippen molar-refractivity contribution in [3.63, 3.8) is 0 Å². The normalized spacial score (nSPS) is 26.3. The lowest BCUT2D eigenvalue weighted by molar-refractivity contribution is 0.169. The van der Waals surface area contributed by atoms with Crippen LogP contribution in [0.5, 0.6) is 0 Å². The number of piperazine rings is 1. The van der Waals surface area contributed by atoms with Crippen molar-refractivity contribution in [3.05, 3.63) is 18.0 Å². The Labute approximate surface area is 132 Å². The molecule has 2 heterocycles. The molecule has 1 aromatic heterocycles. The summed E-state index contributed by atoms with van der Waals surface area (Å²) >= 11 is 0. The van der Waals surface area contributed by atoms with Gasteiger partial charge in [-0.05, 0) is 25.2 Å². The maximum atomic E-state index is 4.90. The molecule has 3 rings (SSSR count). The van der Waals surface area contributed by atoms with Crippen LogP contribution in [0.25, 0.3) is 0 Å². The molecule has 0 spiro atoms. The average molecular weight is 305 g/mol. The lowest BCUT2D eigenvalue weighted by atomic mass is 10.3. The van der Waals surface area contributed by atoms with E-state index in [4.69, 9.17) is 9.52 Å². The van der Waals surface area contributed by atoms with Crippen LogP contribution in [0.1, 0.15) is 26.0 Å². The summed E-state index contributed by atoms with van der Waals surface area (Å²) in [6, 6.07) is 1.94. The van der Waals surface area contributed by atoms with Gasteiger partial charge in [0.2, 0.25) is 0 Å². The Morgan fingerprint density at radius 1 is 1.41 bits per heavy atom. The first kappa shape index (κ1) is 15.3. The van der Waals surface area contributed by atoms with Crippen molar-refractivity contribution in [3.8, 4) is 0 Å². The molecule has 2 fully saturated rings. The molecule has 1 N–H and O–H groups in total. The molecule has 0 bridgehead atoms. The molecule has 22 heavy (non-hydrogen) atoms. The third-order valence-corrected chi connectivity index (χ3v) is 4.64. The van der Waals surface area contributed by atoms with E-state index in [-0.39, 0.29) is 0 Å². The van der Waals surface area contributed by atoms with E-state index in [1.165, 1.54) is 6.42 Å². The molecular weight excluding hydrogens is 278 g/mol. The highest BCUT2D eigenvalue weighted by Gasteiger charge is 2.32. The fraction of sp³-hybridized carbons (Fsp3) is 0.750. The van der Waals surface area contributed by atoms with Gasteiger partial charge in [0.15, 0.2) is 5.96 Å². The van der Waals surface area contributed by atoms with Crippen LogP contribution < -0.4 is 5.32 Å². The Bertz CT molecular complexity index is 479. The van der Waals surface area contributed by atoms with Gasteiger partial charge in [0.25, 0.3) is 0 Å². The lowest BCUT2D eigenvalue weighted by Gasteiger charge is -2.36. The maximum absolute atomic E-state index is 4.90. The smallest absolute Gasteiger partial charge is 0.194 e. The zero-order valence-electron chi connectivity index (χ0n) is 13.7. The summed E-state index contributed by atoms with van der Waals surface area (Å²) in [5.74, 6) is 2.76. The standard InChI is InChI=1S/C16H27N5O/c1-3-17-16(18-11-14-10-13(14)2)21-7-5-20(6-8-21)12-15-4-9-22-19-15/h4,9,13-14H,3,5-8,10-12H2,1-2H3,(H,17,18). The number of nitrogens with zero attached hydrogens (tertiary/aromatic N) is 4. The van der Waals surface area contributed by atoms with Crippen molar-refractivity contribution < 1.29 is 4.52 Å². The monoisotopic (exact) mass is 305 g/mol. The molecule has 1 aliphatic carbocycles. The van der Waals surface area contributed by atoms with Crippen molar-refractivity contribution in [1.82, 2.24) is 20.3 Å². The molecule has 6 nitrogen and oxygen atoms in total. The van der Waals surface area contributed by atoms with Crippen molar-refractivity contribution in [2.75, 3.05) is 39.3 Å². The summed E-state index contributed by atoms with van der Waals surface area (Å²) in [4.78, 5) is 9.64. The van der Waals surface area contributed by atoms with Crippen molar-refractivity contribution >= 4 is 5.96 Å². The number of aromatic nitrogens is 1. The lowest BCUT2D eigenvalue weighted by Crippen LogP contribution is -2.52. The fourth-order valence-electron chi connectivity index (χ4n) is 2.95. The Morgan fingerprint density at radius 2 is 2.18 bits per heavy atom. The predicted octanol–water partition coefficient (Wildman–Crippen LogP) is 1.41. The zero-order valence-corrected chi connectivity index (χ0v) is 13.7. The molecule has 6 heteroatoms. The second kappa shape index (κ2) is 7.13. The number of hydrogen-bond donors (Lipinski definition) is 1. The summed E-state index contributed by atoms with van der Waals surface area (Å²) in [7, 11) is 0. The van der Waals surface area contributed by atoms with E-state index in [0.717, 1.165) is 69.3 Å². The van der Waals surface area contributed by atoms with Crippen molar-refractivity contribution in [1.29, 1.82) is 0 Å². The van der Waals surface area contributed by atoms with Gasteiger partial charge in [0.05, 0.1) is 5.69 Å². The summed E-state index contributed by atoms with van der Waals surface area (Å²) in [5, 5.41) is 7.43. The second-order valence-corrected chi connectivity index (χ2v) is 6.42. The molecule has 2 aliphatic rings. The SMILES string of the molecule is CCNC(=NCC1CC1C)N1CCN(Cc2ccon2)CC1. The third-order valence-electron chi connectivity index (χ3n) is 4.64. The van der Waals surface area contributed by atoms with E-state index >= 15 is 0 Å². The first-order valence-electron chi connectivity index (χ1n) is 8.41. The van der Waals surface area contributed by atoms with Crippen molar-refractivity contribution in [2.24, 2.45) is 16.8 Å². The summed E-state index contributed by atoms with van der Waals surface area (Å²) in [5.41, 5.74) is 1.01. The average Bonchev–Trinajstić information content (AvgIpc) is 2.99.